The molecule has 1 saturated carbocycles. The van der Waals surface area contributed by atoms with Gasteiger partial charge in [-0.15, -0.1) is 0 Å². The van der Waals surface area contributed by atoms with Crippen molar-refractivity contribution in [2.45, 2.75) is 37.7 Å². The van der Waals surface area contributed by atoms with Crippen molar-refractivity contribution in [2.24, 2.45) is 0 Å². The molecule has 1 aliphatic carbocycles. The zero-order chi connectivity index (χ0) is 13.0. The SMILES string of the molecule is O=Cc1c(Cl)cccc1OCC1(O)CCCCC1. The molecule has 3 nitrogen and oxygen atoms in total. The van der Waals surface area contributed by atoms with Gasteiger partial charge in [0.15, 0.2) is 6.29 Å². The molecule has 1 aliphatic rings. The first-order valence-corrected chi connectivity index (χ1v) is 6.61. The van der Waals surface area contributed by atoms with E-state index in [1.807, 2.05) is 0 Å². The first kappa shape index (κ1) is 13.4. The van der Waals surface area contributed by atoms with E-state index in [0.717, 1.165) is 25.7 Å². The molecule has 0 radical (unpaired) electrons. The Morgan fingerprint density at radius 3 is 2.72 bits per heavy atom. The Balaban J connectivity index is 2.05. The fourth-order valence-electron chi connectivity index (χ4n) is 2.32. The van der Waals surface area contributed by atoms with Gasteiger partial charge in [-0.2, -0.15) is 0 Å². The predicted octanol–water partition coefficient (Wildman–Crippen LogP) is 3.23. The molecular formula is C14H17ClO3. The number of aldehydes is 1. The van der Waals surface area contributed by atoms with Crippen LogP contribution >= 0.6 is 11.6 Å². The van der Waals surface area contributed by atoms with Crippen LogP contribution in [0, 0.1) is 0 Å². The van der Waals surface area contributed by atoms with E-state index >= 15 is 0 Å². The van der Waals surface area contributed by atoms with Crippen LogP contribution in [0.4, 0.5) is 0 Å². The molecule has 4 heteroatoms. The van der Waals surface area contributed by atoms with Crippen LogP contribution in [0.3, 0.4) is 0 Å². The Bertz CT molecular complexity index is 425. The van der Waals surface area contributed by atoms with E-state index in [1.54, 1.807) is 18.2 Å². The van der Waals surface area contributed by atoms with E-state index in [4.69, 9.17) is 16.3 Å². The number of halogens is 1. The largest absolute Gasteiger partial charge is 0.490 e. The quantitative estimate of drug-likeness (QED) is 0.853. The maximum atomic E-state index is 11.0. The summed E-state index contributed by atoms with van der Waals surface area (Å²) in [7, 11) is 0. The van der Waals surface area contributed by atoms with Crippen LogP contribution in [0.25, 0.3) is 0 Å². The average molecular weight is 269 g/mol. The monoisotopic (exact) mass is 268 g/mol. The van der Waals surface area contributed by atoms with Crippen LogP contribution in [-0.4, -0.2) is 23.6 Å². The van der Waals surface area contributed by atoms with Crippen LogP contribution in [0.5, 0.6) is 5.75 Å². The minimum Gasteiger partial charge on any atom is -0.490 e. The van der Waals surface area contributed by atoms with Crippen LogP contribution in [0.2, 0.25) is 5.02 Å². The number of hydrogen-bond donors (Lipinski definition) is 1. The number of ether oxygens (including phenoxy) is 1. The third-order valence-electron chi connectivity index (χ3n) is 3.41. The van der Waals surface area contributed by atoms with Crippen molar-refractivity contribution in [1.82, 2.24) is 0 Å². The summed E-state index contributed by atoms with van der Waals surface area (Å²) in [4.78, 5) is 11.0. The number of carbonyl (C=O) groups is 1. The van der Waals surface area contributed by atoms with Crippen molar-refractivity contribution in [3.05, 3.63) is 28.8 Å². The lowest BCUT2D eigenvalue weighted by Crippen LogP contribution is -2.38. The van der Waals surface area contributed by atoms with Crippen LogP contribution in [0.15, 0.2) is 18.2 Å². The standard InChI is InChI=1S/C14H17ClO3/c15-12-5-4-6-13(11(12)9-16)18-10-14(17)7-2-1-3-8-14/h4-6,9,17H,1-3,7-8,10H2. The lowest BCUT2D eigenvalue weighted by molar-refractivity contribution is -0.0340. The summed E-state index contributed by atoms with van der Waals surface area (Å²) < 4.78 is 5.59. The molecule has 1 N–H and O–H groups in total. The molecule has 0 spiro atoms. The van der Waals surface area contributed by atoms with Gasteiger partial charge in [-0.1, -0.05) is 36.9 Å². The average Bonchev–Trinajstić information content (AvgIpc) is 2.37. The molecule has 18 heavy (non-hydrogen) atoms. The smallest absolute Gasteiger partial charge is 0.155 e. The van der Waals surface area contributed by atoms with Crippen molar-refractivity contribution < 1.29 is 14.6 Å². The number of carbonyl (C=O) groups excluding carboxylic acids is 1. The van der Waals surface area contributed by atoms with Gasteiger partial charge >= 0.3 is 0 Å². The number of hydrogen-bond acceptors (Lipinski definition) is 3. The Morgan fingerprint density at radius 1 is 1.33 bits per heavy atom. The van der Waals surface area contributed by atoms with Gasteiger partial charge in [-0.3, -0.25) is 4.79 Å². The molecule has 0 aromatic heterocycles. The van der Waals surface area contributed by atoms with Crippen LogP contribution in [-0.2, 0) is 0 Å². The Labute approximate surface area is 112 Å². The molecule has 1 fully saturated rings. The lowest BCUT2D eigenvalue weighted by Gasteiger charge is -2.31. The lowest BCUT2D eigenvalue weighted by atomic mass is 9.85. The minimum atomic E-state index is -0.763. The van der Waals surface area contributed by atoms with Crippen molar-refractivity contribution >= 4 is 17.9 Å². The summed E-state index contributed by atoms with van der Waals surface area (Å²) in [5, 5.41) is 10.7. The van der Waals surface area contributed by atoms with E-state index in [9.17, 15) is 9.90 Å². The highest BCUT2D eigenvalue weighted by molar-refractivity contribution is 6.33. The summed E-state index contributed by atoms with van der Waals surface area (Å²) in [5.74, 6) is 0.441. The highest BCUT2D eigenvalue weighted by atomic mass is 35.5. The fraction of sp³-hybridized carbons (Fsp3) is 0.500. The molecule has 0 aliphatic heterocycles. The van der Waals surface area contributed by atoms with E-state index < -0.39 is 5.60 Å². The molecule has 0 saturated heterocycles. The molecule has 1 aromatic rings. The van der Waals surface area contributed by atoms with Gasteiger partial charge in [0, 0.05) is 0 Å². The molecule has 98 valence electrons. The molecular weight excluding hydrogens is 252 g/mol. The minimum absolute atomic E-state index is 0.216. The predicted molar refractivity (Wildman–Crippen MR) is 70.4 cm³/mol. The summed E-state index contributed by atoms with van der Waals surface area (Å²) in [6.07, 6.45) is 5.40. The summed E-state index contributed by atoms with van der Waals surface area (Å²) >= 11 is 5.91. The van der Waals surface area contributed by atoms with Gasteiger partial charge < -0.3 is 9.84 Å². The molecule has 2 rings (SSSR count). The Hall–Kier alpha value is -1.06. The summed E-state index contributed by atoms with van der Waals surface area (Å²) in [6.45, 7) is 0.216. The second-order valence-corrected chi connectivity index (χ2v) is 5.25. The molecule has 0 amide bonds. The summed E-state index contributed by atoms with van der Waals surface area (Å²) in [6, 6.07) is 5.07. The maximum absolute atomic E-state index is 11.0. The highest BCUT2D eigenvalue weighted by Gasteiger charge is 2.30. The molecule has 0 atom stereocenters. The van der Waals surface area contributed by atoms with Gasteiger partial charge in [0.25, 0.3) is 0 Å². The Kier molecular flexibility index (Phi) is 4.25. The number of aliphatic hydroxyl groups is 1. The van der Waals surface area contributed by atoms with Crippen molar-refractivity contribution in [2.75, 3.05) is 6.61 Å². The van der Waals surface area contributed by atoms with E-state index in [-0.39, 0.29) is 6.61 Å². The van der Waals surface area contributed by atoms with Crippen molar-refractivity contribution in [3.63, 3.8) is 0 Å². The van der Waals surface area contributed by atoms with Gasteiger partial charge in [-0.25, -0.2) is 0 Å². The molecule has 0 unspecified atom stereocenters. The summed E-state index contributed by atoms with van der Waals surface area (Å²) in [5.41, 5.74) is -0.417. The van der Waals surface area contributed by atoms with Crippen molar-refractivity contribution in [1.29, 1.82) is 0 Å². The van der Waals surface area contributed by atoms with E-state index in [2.05, 4.69) is 0 Å². The molecule has 0 heterocycles. The zero-order valence-corrected chi connectivity index (χ0v) is 10.9. The number of benzene rings is 1. The maximum Gasteiger partial charge on any atom is 0.155 e. The highest BCUT2D eigenvalue weighted by Crippen LogP contribution is 2.30. The third kappa shape index (κ3) is 3.03. The normalized spacial score (nSPS) is 18.3. The Morgan fingerprint density at radius 2 is 2.06 bits per heavy atom. The first-order valence-electron chi connectivity index (χ1n) is 6.23. The third-order valence-corrected chi connectivity index (χ3v) is 3.74. The second kappa shape index (κ2) is 5.72. The van der Waals surface area contributed by atoms with Crippen LogP contribution < -0.4 is 4.74 Å². The van der Waals surface area contributed by atoms with Gasteiger partial charge in [0.05, 0.1) is 16.2 Å². The van der Waals surface area contributed by atoms with E-state index in [0.29, 0.717) is 22.6 Å². The number of rotatable bonds is 4. The van der Waals surface area contributed by atoms with Gasteiger partial charge in [-0.05, 0) is 25.0 Å². The van der Waals surface area contributed by atoms with Gasteiger partial charge in [0.1, 0.15) is 12.4 Å². The van der Waals surface area contributed by atoms with Crippen LogP contribution in [0.1, 0.15) is 42.5 Å². The van der Waals surface area contributed by atoms with Gasteiger partial charge in [0.2, 0.25) is 0 Å². The topological polar surface area (TPSA) is 46.5 Å². The van der Waals surface area contributed by atoms with E-state index in [1.165, 1.54) is 6.42 Å². The molecule has 1 aromatic carbocycles. The second-order valence-electron chi connectivity index (χ2n) is 4.84. The molecule has 0 bridgehead atoms. The van der Waals surface area contributed by atoms with Crippen molar-refractivity contribution in [3.8, 4) is 5.75 Å². The zero-order valence-electron chi connectivity index (χ0n) is 10.2. The first-order chi connectivity index (χ1) is 8.64. The fourth-order valence-corrected chi connectivity index (χ4v) is 2.53.